The Hall–Kier alpha value is -2.22. The predicted octanol–water partition coefficient (Wildman–Crippen LogP) is 1.76. The first-order chi connectivity index (χ1) is 12.0. The number of carbonyl (C=O) groups excluding carboxylic acids is 1. The largest absolute Gasteiger partial charge is 0.465 e. The van der Waals surface area contributed by atoms with E-state index in [0.717, 1.165) is 5.56 Å². The van der Waals surface area contributed by atoms with Gasteiger partial charge in [0.05, 0.1) is 18.4 Å². The van der Waals surface area contributed by atoms with Gasteiger partial charge in [-0.2, -0.15) is 4.31 Å². The molecule has 134 valence electrons. The van der Waals surface area contributed by atoms with Crippen LogP contribution in [-0.2, 0) is 27.1 Å². The molecule has 0 aliphatic carbocycles. The van der Waals surface area contributed by atoms with Gasteiger partial charge in [-0.15, -0.1) is 0 Å². The number of hydrogen-bond acceptors (Lipinski definition) is 5. The standard InChI is InChI=1S/C18H22N2O4S/c1-24-18(21)17-9-5-8-16(12-17)14-25(22,23)20(11-10-19)13-15-6-3-2-4-7-15/h2-9,12H,10-11,13-14,19H2,1H3. The van der Waals surface area contributed by atoms with Gasteiger partial charge in [0.15, 0.2) is 0 Å². The molecular weight excluding hydrogens is 340 g/mol. The molecule has 0 atom stereocenters. The highest BCUT2D eigenvalue weighted by Gasteiger charge is 2.22. The van der Waals surface area contributed by atoms with E-state index < -0.39 is 16.0 Å². The van der Waals surface area contributed by atoms with E-state index in [2.05, 4.69) is 4.74 Å². The number of esters is 1. The Bertz CT molecular complexity index is 807. The molecule has 0 saturated carbocycles. The number of benzene rings is 2. The van der Waals surface area contributed by atoms with E-state index in [0.29, 0.717) is 11.1 Å². The zero-order valence-electron chi connectivity index (χ0n) is 14.1. The minimum Gasteiger partial charge on any atom is -0.465 e. The third-order valence-corrected chi connectivity index (χ3v) is 5.47. The third-order valence-electron chi connectivity index (χ3n) is 3.67. The van der Waals surface area contributed by atoms with Crippen LogP contribution >= 0.6 is 0 Å². The van der Waals surface area contributed by atoms with Crippen LogP contribution in [0.1, 0.15) is 21.5 Å². The number of rotatable bonds is 8. The SMILES string of the molecule is COC(=O)c1cccc(CS(=O)(=O)N(CCN)Cc2ccccc2)c1. The Balaban J connectivity index is 2.21. The monoisotopic (exact) mass is 362 g/mol. The Morgan fingerprint density at radius 3 is 2.40 bits per heavy atom. The Labute approximate surface area is 148 Å². The van der Waals surface area contributed by atoms with Crippen molar-refractivity contribution in [2.45, 2.75) is 12.3 Å². The molecule has 0 bridgehead atoms. The number of methoxy groups -OCH3 is 1. The molecule has 2 rings (SSSR count). The summed E-state index contributed by atoms with van der Waals surface area (Å²) in [6.45, 7) is 0.721. The number of ether oxygens (including phenoxy) is 1. The first kappa shape index (κ1) is 19.1. The van der Waals surface area contributed by atoms with Crippen LogP contribution in [0.5, 0.6) is 0 Å². The molecule has 2 aromatic rings. The highest BCUT2D eigenvalue weighted by molar-refractivity contribution is 7.88. The van der Waals surface area contributed by atoms with Crippen LogP contribution in [0, 0.1) is 0 Å². The number of hydrogen-bond donors (Lipinski definition) is 1. The molecule has 0 radical (unpaired) electrons. The fraction of sp³-hybridized carbons (Fsp3) is 0.278. The van der Waals surface area contributed by atoms with E-state index in [9.17, 15) is 13.2 Å². The van der Waals surface area contributed by atoms with Gasteiger partial charge in [0.1, 0.15) is 0 Å². The van der Waals surface area contributed by atoms with Crippen LogP contribution in [0.2, 0.25) is 0 Å². The van der Waals surface area contributed by atoms with Crippen LogP contribution in [0.3, 0.4) is 0 Å². The second-order valence-electron chi connectivity index (χ2n) is 5.56. The van der Waals surface area contributed by atoms with Crippen molar-refractivity contribution in [2.75, 3.05) is 20.2 Å². The summed E-state index contributed by atoms with van der Waals surface area (Å²) in [7, 11) is -2.30. The number of nitrogens with two attached hydrogens (primary N) is 1. The first-order valence-electron chi connectivity index (χ1n) is 7.85. The van der Waals surface area contributed by atoms with Gasteiger partial charge in [0.2, 0.25) is 10.0 Å². The lowest BCUT2D eigenvalue weighted by atomic mass is 10.1. The van der Waals surface area contributed by atoms with Crippen LogP contribution in [0.15, 0.2) is 54.6 Å². The molecule has 6 nitrogen and oxygen atoms in total. The molecule has 25 heavy (non-hydrogen) atoms. The molecule has 2 N–H and O–H groups in total. The molecule has 0 aromatic heterocycles. The molecule has 2 aromatic carbocycles. The quantitative estimate of drug-likeness (QED) is 0.723. The molecule has 0 heterocycles. The molecule has 0 aliphatic rings. The van der Waals surface area contributed by atoms with E-state index in [4.69, 9.17) is 5.73 Å². The van der Waals surface area contributed by atoms with Crippen molar-refractivity contribution in [3.05, 3.63) is 71.3 Å². The summed E-state index contributed by atoms with van der Waals surface area (Å²) in [5, 5.41) is 0. The third kappa shape index (κ3) is 5.38. The summed E-state index contributed by atoms with van der Waals surface area (Å²) in [4.78, 5) is 11.6. The van der Waals surface area contributed by atoms with Crippen molar-refractivity contribution < 1.29 is 17.9 Å². The van der Waals surface area contributed by atoms with Gasteiger partial charge in [-0.3, -0.25) is 0 Å². The molecule has 7 heteroatoms. The molecule has 0 aliphatic heterocycles. The Morgan fingerprint density at radius 1 is 1.08 bits per heavy atom. The lowest BCUT2D eigenvalue weighted by Gasteiger charge is -2.22. The van der Waals surface area contributed by atoms with Crippen molar-refractivity contribution >= 4 is 16.0 Å². The summed E-state index contributed by atoms with van der Waals surface area (Å²) in [5.41, 5.74) is 7.33. The molecular formula is C18H22N2O4S. The highest BCUT2D eigenvalue weighted by atomic mass is 32.2. The maximum atomic E-state index is 12.8. The van der Waals surface area contributed by atoms with E-state index in [1.54, 1.807) is 18.2 Å². The van der Waals surface area contributed by atoms with Gasteiger partial charge >= 0.3 is 5.97 Å². The number of sulfonamides is 1. The molecule has 0 amide bonds. The van der Waals surface area contributed by atoms with E-state index in [1.807, 2.05) is 30.3 Å². The topological polar surface area (TPSA) is 89.7 Å². The molecule has 0 saturated heterocycles. The van der Waals surface area contributed by atoms with E-state index in [-0.39, 0.29) is 25.4 Å². The average Bonchev–Trinajstić information content (AvgIpc) is 2.61. The molecule has 0 spiro atoms. The van der Waals surface area contributed by atoms with Crippen LogP contribution < -0.4 is 5.73 Å². The van der Waals surface area contributed by atoms with Crippen molar-refractivity contribution in [3.63, 3.8) is 0 Å². The summed E-state index contributed by atoms with van der Waals surface area (Å²) >= 11 is 0. The van der Waals surface area contributed by atoms with Crippen molar-refractivity contribution in [1.82, 2.24) is 4.31 Å². The second-order valence-corrected chi connectivity index (χ2v) is 7.52. The van der Waals surface area contributed by atoms with Gasteiger partial charge in [-0.05, 0) is 23.3 Å². The number of nitrogens with zero attached hydrogens (tertiary/aromatic N) is 1. The van der Waals surface area contributed by atoms with Gasteiger partial charge in [-0.1, -0.05) is 42.5 Å². The van der Waals surface area contributed by atoms with Crippen molar-refractivity contribution in [2.24, 2.45) is 5.73 Å². The van der Waals surface area contributed by atoms with Crippen LogP contribution in [0.4, 0.5) is 0 Å². The summed E-state index contributed by atoms with van der Waals surface area (Å²) in [6.07, 6.45) is 0. The van der Waals surface area contributed by atoms with Crippen molar-refractivity contribution in [1.29, 1.82) is 0 Å². The van der Waals surface area contributed by atoms with E-state index >= 15 is 0 Å². The van der Waals surface area contributed by atoms with Gasteiger partial charge in [0, 0.05) is 19.6 Å². The Kier molecular flexibility index (Phi) is 6.69. The maximum Gasteiger partial charge on any atom is 0.337 e. The minimum atomic E-state index is -3.58. The Morgan fingerprint density at radius 2 is 1.76 bits per heavy atom. The fourth-order valence-electron chi connectivity index (χ4n) is 2.46. The van der Waals surface area contributed by atoms with Gasteiger partial charge in [0.25, 0.3) is 0 Å². The molecule has 0 unspecified atom stereocenters. The zero-order valence-corrected chi connectivity index (χ0v) is 14.9. The average molecular weight is 362 g/mol. The smallest absolute Gasteiger partial charge is 0.337 e. The lowest BCUT2D eigenvalue weighted by Crippen LogP contribution is -2.35. The molecule has 0 fully saturated rings. The fourth-order valence-corrected chi connectivity index (χ4v) is 3.97. The van der Waals surface area contributed by atoms with Crippen LogP contribution in [-0.4, -0.2) is 38.9 Å². The van der Waals surface area contributed by atoms with Gasteiger partial charge in [-0.25, -0.2) is 13.2 Å². The van der Waals surface area contributed by atoms with Crippen molar-refractivity contribution in [3.8, 4) is 0 Å². The number of carbonyl (C=O) groups is 1. The summed E-state index contributed by atoms with van der Waals surface area (Å²) in [6, 6.07) is 15.8. The second kappa shape index (κ2) is 8.75. The summed E-state index contributed by atoms with van der Waals surface area (Å²) < 4.78 is 31.6. The van der Waals surface area contributed by atoms with Crippen LogP contribution in [0.25, 0.3) is 0 Å². The van der Waals surface area contributed by atoms with E-state index in [1.165, 1.54) is 17.5 Å². The maximum absolute atomic E-state index is 12.8. The van der Waals surface area contributed by atoms with Gasteiger partial charge < -0.3 is 10.5 Å². The first-order valence-corrected chi connectivity index (χ1v) is 9.46. The highest BCUT2D eigenvalue weighted by Crippen LogP contribution is 2.16. The predicted molar refractivity (Wildman–Crippen MR) is 96.3 cm³/mol. The normalized spacial score (nSPS) is 11.5. The minimum absolute atomic E-state index is 0.204. The zero-order chi connectivity index (χ0) is 18.3. The summed E-state index contributed by atoms with van der Waals surface area (Å²) in [5.74, 6) is -0.702. The lowest BCUT2D eigenvalue weighted by molar-refractivity contribution is 0.0600.